The van der Waals surface area contributed by atoms with Gasteiger partial charge in [-0.1, -0.05) is 84.4 Å². The minimum absolute atomic E-state index is 0.126. The first kappa shape index (κ1) is 27.5. The fraction of sp³-hybridized carbons (Fsp3) is 0.176. The number of hydrogen-bond donors (Lipinski definition) is 1. The third kappa shape index (κ3) is 5.58. The lowest BCUT2D eigenvalue weighted by Crippen LogP contribution is -2.42. The number of carbonyl (C=O) groups excluding carboxylic acids is 2. The highest BCUT2D eigenvalue weighted by Gasteiger charge is 2.37. The Morgan fingerprint density at radius 1 is 0.976 bits per heavy atom. The highest BCUT2D eigenvalue weighted by atomic mass is 32.2. The highest BCUT2D eigenvalue weighted by Crippen LogP contribution is 2.48. The zero-order valence-corrected chi connectivity index (χ0v) is 24.3. The molecule has 3 aromatic carbocycles. The third-order valence-electron chi connectivity index (χ3n) is 7.34. The Bertz CT molecular complexity index is 1740. The van der Waals surface area contributed by atoms with Crippen molar-refractivity contribution in [2.75, 3.05) is 17.2 Å². The fourth-order valence-electron chi connectivity index (χ4n) is 5.30. The van der Waals surface area contributed by atoms with E-state index in [1.807, 2.05) is 78.3 Å². The van der Waals surface area contributed by atoms with Crippen LogP contribution in [0.25, 0.3) is 16.9 Å². The van der Waals surface area contributed by atoms with Crippen molar-refractivity contribution in [1.29, 1.82) is 0 Å². The van der Waals surface area contributed by atoms with E-state index in [0.29, 0.717) is 12.4 Å². The van der Waals surface area contributed by atoms with Gasteiger partial charge in [-0.3, -0.25) is 19.5 Å². The molecule has 7 nitrogen and oxygen atoms in total. The number of aromatic nitrogens is 3. The maximum Gasteiger partial charge on any atom is 0.240 e. The summed E-state index contributed by atoms with van der Waals surface area (Å²) in [4.78, 5) is 33.0. The van der Waals surface area contributed by atoms with Gasteiger partial charge in [0.15, 0.2) is 0 Å². The van der Waals surface area contributed by atoms with Crippen LogP contribution in [0.2, 0.25) is 0 Å². The van der Waals surface area contributed by atoms with Crippen molar-refractivity contribution in [3.63, 3.8) is 0 Å². The molecule has 0 fully saturated rings. The molecule has 0 bridgehead atoms. The molecule has 1 atom stereocenters. The monoisotopic (exact) mass is 573 g/mol. The third-order valence-corrected chi connectivity index (χ3v) is 8.59. The van der Waals surface area contributed by atoms with Crippen LogP contribution in [-0.4, -0.2) is 38.9 Å². The van der Waals surface area contributed by atoms with Gasteiger partial charge in [0.05, 0.1) is 22.4 Å². The van der Waals surface area contributed by atoms with E-state index < -0.39 is 0 Å². The number of thioether (sulfide) groups is 1. The SMILES string of the molecule is Cc1cccc([C@H]2SCC(=O)N(CC(=O)NCc3cccnc3)c3c2c(-c2ccccc2)nn3-c2ccccc2C)c1. The topological polar surface area (TPSA) is 80.1 Å². The van der Waals surface area contributed by atoms with Gasteiger partial charge < -0.3 is 5.32 Å². The molecule has 8 heteroatoms. The summed E-state index contributed by atoms with van der Waals surface area (Å²) in [7, 11) is 0. The van der Waals surface area contributed by atoms with Crippen LogP contribution in [0.5, 0.6) is 0 Å². The van der Waals surface area contributed by atoms with Gasteiger partial charge in [0.1, 0.15) is 12.4 Å². The summed E-state index contributed by atoms with van der Waals surface area (Å²) in [6, 6.07) is 30.2. The predicted molar refractivity (Wildman–Crippen MR) is 168 cm³/mol. The Kier molecular flexibility index (Phi) is 7.88. The van der Waals surface area contributed by atoms with Crippen LogP contribution >= 0.6 is 11.8 Å². The summed E-state index contributed by atoms with van der Waals surface area (Å²) >= 11 is 1.57. The Morgan fingerprint density at radius 2 is 1.79 bits per heavy atom. The number of aryl methyl sites for hydroxylation is 2. The van der Waals surface area contributed by atoms with Gasteiger partial charge in [-0.25, -0.2) is 4.68 Å². The van der Waals surface area contributed by atoms with E-state index in [2.05, 4.69) is 41.5 Å². The van der Waals surface area contributed by atoms with Crippen LogP contribution in [0.15, 0.2) is 103 Å². The van der Waals surface area contributed by atoms with Crippen LogP contribution in [0, 0.1) is 13.8 Å². The Labute approximate surface area is 249 Å². The number of nitrogens with zero attached hydrogens (tertiary/aromatic N) is 4. The van der Waals surface area contributed by atoms with Crippen molar-refractivity contribution in [2.45, 2.75) is 25.6 Å². The highest BCUT2D eigenvalue weighted by molar-refractivity contribution is 8.00. The standard InChI is InChI=1S/C34H31N5O2S/c1-23-10-8-15-27(18-23)33-31-32(26-13-4-3-5-14-26)37-39(28-16-7-6-11-24(28)2)34(31)38(30(41)22-42-33)21-29(40)36-20-25-12-9-17-35-19-25/h3-19,33H,20-22H2,1-2H3,(H,36,40)/t33-/m1/s1. The number of fused-ring (bicyclic) bond motifs is 1. The number of para-hydroxylation sites is 1. The molecule has 0 saturated carbocycles. The van der Waals surface area contributed by atoms with Crippen molar-refractivity contribution in [2.24, 2.45) is 0 Å². The number of amides is 2. The lowest BCUT2D eigenvalue weighted by molar-refractivity contribution is -0.123. The molecule has 0 saturated heterocycles. The van der Waals surface area contributed by atoms with Gasteiger partial charge >= 0.3 is 0 Å². The van der Waals surface area contributed by atoms with E-state index in [1.165, 1.54) is 0 Å². The van der Waals surface area contributed by atoms with E-state index in [4.69, 9.17) is 5.10 Å². The van der Waals surface area contributed by atoms with Crippen molar-refractivity contribution < 1.29 is 9.59 Å². The van der Waals surface area contributed by atoms with E-state index in [0.717, 1.165) is 44.8 Å². The smallest absolute Gasteiger partial charge is 0.240 e. The van der Waals surface area contributed by atoms with Crippen molar-refractivity contribution in [1.82, 2.24) is 20.1 Å². The molecule has 1 N–H and O–H groups in total. The molecular weight excluding hydrogens is 542 g/mol. The number of hydrogen-bond acceptors (Lipinski definition) is 5. The Balaban J connectivity index is 1.53. The number of benzene rings is 3. The molecule has 42 heavy (non-hydrogen) atoms. The second-order valence-electron chi connectivity index (χ2n) is 10.4. The van der Waals surface area contributed by atoms with Crippen LogP contribution in [-0.2, 0) is 16.1 Å². The molecule has 1 aliphatic rings. The summed E-state index contributed by atoms with van der Waals surface area (Å²) in [6.07, 6.45) is 3.42. The van der Waals surface area contributed by atoms with E-state index >= 15 is 0 Å². The lowest BCUT2D eigenvalue weighted by Gasteiger charge is -2.24. The van der Waals surface area contributed by atoms with Crippen molar-refractivity contribution in [3.05, 3.63) is 131 Å². The molecule has 0 spiro atoms. The van der Waals surface area contributed by atoms with Crippen molar-refractivity contribution >= 4 is 29.4 Å². The maximum atomic E-state index is 13.9. The molecule has 2 amide bonds. The van der Waals surface area contributed by atoms with Gasteiger partial charge in [-0.2, -0.15) is 5.10 Å². The Hall–Kier alpha value is -4.69. The summed E-state index contributed by atoms with van der Waals surface area (Å²) < 4.78 is 1.86. The number of nitrogens with one attached hydrogen (secondary N) is 1. The largest absolute Gasteiger partial charge is 0.350 e. The first-order chi connectivity index (χ1) is 20.5. The van der Waals surface area contributed by atoms with Crippen LogP contribution in [0.4, 0.5) is 5.82 Å². The lowest BCUT2D eigenvalue weighted by atomic mass is 9.98. The van der Waals surface area contributed by atoms with E-state index in [-0.39, 0.29) is 29.4 Å². The summed E-state index contributed by atoms with van der Waals surface area (Å²) in [6.45, 7) is 4.31. The molecule has 6 rings (SSSR count). The molecule has 0 unspecified atom stereocenters. The van der Waals surface area contributed by atoms with E-state index in [9.17, 15) is 9.59 Å². The molecule has 0 radical (unpaired) electrons. The van der Waals surface area contributed by atoms with Crippen molar-refractivity contribution in [3.8, 4) is 16.9 Å². The summed E-state index contributed by atoms with van der Waals surface area (Å²) in [5.74, 6) is 0.463. The summed E-state index contributed by atoms with van der Waals surface area (Å²) in [5.41, 5.74) is 7.67. The molecule has 3 heterocycles. The minimum Gasteiger partial charge on any atom is -0.350 e. The molecular formula is C34H31N5O2S. The van der Waals surface area contributed by atoms with Crippen LogP contribution < -0.4 is 10.2 Å². The average Bonchev–Trinajstić information content (AvgIpc) is 3.33. The van der Waals surface area contributed by atoms with Gasteiger partial charge in [-0.05, 0) is 42.7 Å². The molecule has 5 aromatic rings. The molecule has 210 valence electrons. The summed E-state index contributed by atoms with van der Waals surface area (Å²) in [5, 5.41) is 7.99. The normalized spacial score (nSPS) is 14.8. The molecule has 0 aliphatic carbocycles. The zero-order chi connectivity index (χ0) is 29.1. The van der Waals surface area contributed by atoms with Gasteiger partial charge in [0, 0.05) is 30.1 Å². The fourth-order valence-corrected chi connectivity index (χ4v) is 6.48. The second kappa shape index (κ2) is 12.0. The zero-order valence-electron chi connectivity index (χ0n) is 23.5. The average molecular weight is 574 g/mol. The van der Waals surface area contributed by atoms with Gasteiger partial charge in [-0.15, -0.1) is 11.8 Å². The minimum atomic E-state index is -0.254. The number of anilines is 1. The van der Waals surface area contributed by atoms with E-state index in [1.54, 1.807) is 29.1 Å². The van der Waals surface area contributed by atoms with Crippen LogP contribution in [0.1, 0.15) is 33.1 Å². The number of pyridine rings is 1. The molecule has 1 aliphatic heterocycles. The first-order valence-electron chi connectivity index (χ1n) is 13.9. The maximum absolute atomic E-state index is 13.9. The van der Waals surface area contributed by atoms with Gasteiger partial charge in [0.25, 0.3) is 0 Å². The molecule has 2 aromatic heterocycles. The van der Waals surface area contributed by atoms with Gasteiger partial charge in [0.2, 0.25) is 11.8 Å². The quantitative estimate of drug-likeness (QED) is 0.257. The second-order valence-corrected chi connectivity index (χ2v) is 11.5. The Morgan fingerprint density at radius 3 is 2.55 bits per heavy atom. The number of carbonyl (C=O) groups is 2. The first-order valence-corrected chi connectivity index (χ1v) is 14.9. The number of rotatable bonds is 7. The van der Waals surface area contributed by atoms with Crippen LogP contribution in [0.3, 0.4) is 0 Å². The predicted octanol–water partition coefficient (Wildman–Crippen LogP) is 6.04.